The number of hydrogen-bond acceptors (Lipinski definition) is 21. The lowest BCUT2D eigenvalue weighted by molar-refractivity contribution is -0.125. The summed E-state index contributed by atoms with van der Waals surface area (Å²) in [6, 6.07) is 0. The molecule has 0 radical (unpaired) electrons. The van der Waals surface area contributed by atoms with Crippen LogP contribution in [0.25, 0.3) is 0 Å². The highest BCUT2D eigenvalue weighted by molar-refractivity contribution is 5.80. The molecule has 0 aromatic heterocycles. The molecular weight excluding hydrogens is 1500 g/mol. The highest BCUT2D eigenvalue weighted by Gasteiger charge is 2.26. The first kappa shape index (κ1) is 143. The van der Waals surface area contributed by atoms with Crippen LogP contribution < -0.4 is 48.3 Å². The summed E-state index contributed by atoms with van der Waals surface area (Å²) in [6.07, 6.45) is 7.44. The molecule has 117 heavy (non-hydrogen) atoms. The number of ether oxygens (including phenoxy) is 8. The standard InChI is InChI=1S/C15H29N3O3.C14H29NO3.C12H25NO3.C10H21N3O.C9H19NO3.C8H17NO3.C6H13NO.C5H11NO.8CH4/c1-12(2)13(19)16-6-7-17-8-10-18(11-9-17)14(20)21-15(3,4)5;1-4-5-6-7-9-17-11-12-18-10-8-15-14(16)13(2)3;1-4-5-7-15-9-10-16-8-6-13-12(14)11(2)3;1-9(2)10(14)12-5-8-13-6-3-11-4-7-13;1-8(2)9(11)10-4-5-13-7-6-12-3;1-7(2)8(11)9-3-5-12-6-4-10;1-5(2)4-7-6(3)8;1-4(2)3-5(6)7;;;;;;;;/h12H,6-11H2,1-5H3,(H,16,19);13H,4-12H2,1-3H3,(H,15,16);11H,4-10H2,1-3H3,(H,13,14);9,11H,3-8H2,1-2H3,(H,12,14);8H,4-7H2,1-3H3,(H,10,11);7,10H,3-6H2,1-2H3,(H,9,11);5H,4H2,1-3H3,(H,7,8);4H,3H2,1-2H3,(H2,6,7);8*1H4. The molecule has 2 saturated heterocycles. The third-order valence-corrected chi connectivity index (χ3v) is 14.6. The number of primary amides is 1. The van der Waals surface area contributed by atoms with E-state index < -0.39 is 5.60 Å². The molecule has 0 aromatic rings. The number of amides is 9. The fourth-order valence-electron chi connectivity index (χ4n) is 7.98. The van der Waals surface area contributed by atoms with Crippen LogP contribution in [0.3, 0.4) is 0 Å². The van der Waals surface area contributed by atoms with Crippen LogP contribution in [0.5, 0.6) is 0 Å². The van der Waals surface area contributed by atoms with Crippen LogP contribution in [-0.4, -0.2) is 290 Å². The highest BCUT2D eigenvalue weighted by atomic mass is 16.6. The second-order valence-electron chi connectivity index (χ2n) is 29.8. The summed E-state index contributed by atoms with van der Waals surface area (Å²) in [6.45, 7) is 63.3. The molecule has 9 amide bonds. The van der Waals surface area contributed by atoms with E-state index in [2.05, 4.69) is 80.0 Å². The number of methoxy groups -OCH3 is 1. The van der Waals surface area contributed by atoms with Crippen molar-refractivity contribution < 1.29 is 86.2 Å². The lowest BCUT2D eigenvalue weighted by atomic mass is 10.1. The zero-order chi connectivity index (χ0) is 84.2. The smallest absolute Gasteiger partial charge is 0.410 e. The molecule has 0 unspecified atom stereocenters. The Hall–Kier alpha value is -5.41. The number of aliphatic hydroxyl groups is 1. The Morgan fingerprint density at radius 3 is 0.966 bits per heavy atom. The Morgan fingerprint density at radius 1 is 0.393 bits per heavy atom. The van der Waals surface area contributed by atoms with Gasteiger partial charge in [0.05, 0.1) is 79.3 Å². The van der Waals surface area contributed by atoms with Gasteiger partial charge in [-0.3, -0.25) is 48.2 Å². The minimum absolute atomic E-state index is 0. The van der Waals surface area contributed by atoms with Gasteiger partial charge in [-0.25, -0.2) is 4.79 Å². The number of nitrogens with zero attached hydrogens (tertiary/aromatic N) is 3. The Labute approximate surface area is 719 Å². The molecule has 0 saturated carbocycles. The van der Waals surface area contributed by atoms with Crippen molar-refractivity contribution in [2.75, 3.05) is 211 Å². The predicted molar refractivity (Wildman–Crippen MR) is 490 cm³/mol. The van der Waals surface area contributed by atoms with Crippen LogP contribution in [0.2, 0.25) is 0 Å². The fraction of sp³-hybridized carbons (Fsp3) is 0.897. The van der Waals surface area contributed by atoms with Crippen molar-refractivity contribution in [3.63, 3.8) is 0 Å². The minimum Gasteiger partial charge on any atom is -0.444 e. The summed E-state index contributed by atoms with van der Waals surface area (Å²) in [5.41, 5.74) is 4.41. The van der Waals surface area contributed by atoms with Crippen LogP contribution in [0.4, 0.5) is 4.79 Å². The monoisotopic (exact) mass is 1700 g/mol. The van der Waals surface area contributed by atoms with E-state index >= 15 is 0 Å². The number of carbonyl (C=O) groups excluding carboxylic acids is 9. The number of rotatable bonds is 47. The summed E-state index contributed by atoms with van der Waals surface area (Å²) in [5.74, 6) is 1.53. The first-order valence-electron chi connectivity index (χ1n) is 40.3. The molecule has 2 heterocycles. The van der Waals surface area contributed by atoms with Crippen molar-refractivity contribution in [3.05, 3.63) is 0 Å². The number of unbranched alkanes of at least 4 members (excludes halogenated alkanes) is 4. The zero-order valence-corrected chi connectivity index (χ0v) is 72.8. The molecule has 2 rings (SSSR count). The Bertz CT molecular complexity index is 2170. The zero-order valence-electron chi connectivity index (χ0n) is 72.8. The molecule has 0 spiro atoms. The maximum Gasteiger partial charge on any atom is 0.410 e. The largest absolute Gasteiger partial charge is 0.444 e. The van der Waals surface area contributed by atoms with Crippen molar-refractivity contribution in [1.82, 2.24) is 57.2 Å². The van der Waals surface area contributed by atoms with Gasteiger partial charge in [0.2, 0.25) is 47.3 Å². The quantitative estimate of drug-likeness (QED) is 0.0253. The summed E-state index contributed by atoms with van der Waals surface area (Å²) in [4.78, 5) is 106. The summed E-state index contributed by atoms with van der Waals surface area (Å²) >= 11 is 0. The Balaban J connectivity index is -0.0000000870. The Kier molecular flexibility index (Phi) is 124. The van der Waals surface area contributed by atoms with Crippen molar-refractivity contribution in [1.29, 1.82) is 0 Å². The van der Waals surface area contributed by atoms with E-state index in [0.29, 0.717) is 137 Å². The molecule has 30 heteroatoms. The summed E-state index contributed by atoms with van der Waals surface area (Å²) in [5, 5.41) is 31.2. The molecule has 30 nitrogen and oxygen atoms in total. The van der Waals surface area contributed by atoms with Crippen LogP contribution in [-0.2, 0) is 76.3 Å². The average Bonchev–Trinajstić information content (AvgIpc) is 0.872. The van der Waals surface area contributed by atoms with Crippen LogP contribution >= 0.6 is 0 Å². The van der Waals surface area contributed by atoms with Gasteiger partial charge in [-0.15, -0.1) is 0 Å². The van der Waals surface area contributed by atoms with Gasteiger partial charge in [-0.1, -0.05) is 210 Å². The van der Waals surface area contributed by atoms with E-state index in [-0.39, 0.29) is 155 Å². The van der Waals surface area contributed by atoms with E-state index in [1.807, 2.05) is 118 Å². The lowest BCUT2D eigenvalue weighted by Crippen LogP contribution is -2.51. The summed E-state index contributed by atoms with van der Waals surface area (Å²) < 4.78 is 41.7. The normalized spacial score (nSPS) is 11.8. The number of piperazine rings is 2. The molecule has 0 aromatic carbocycles. The number of aliphatic hydroxyl groups excluding tert-OH is 1. The first-order chi connectivity index (χ1) is 51.4. The SMILES string of the molecule is C.C.C.C.C.C.C.C.CC(=O)NCC(C)C.CC(C)C(=O)NCCN1CCN(C(=O)OC(C)(C)C)CC1.CC(C)C(=O)NCCN1CCNCC1.CC(C)C(=O)NCCOCCO.CC(C)CC(N)=O.CCCCCCOCCOCCNC(=O)C(C)C.CCCCOCCOCCNC(=O)C(C)C.COCCOCCNC(=O)C(C)C. The van der Waals surface area contributed by atoms with Gasteiger partial charge in [-0.2, -0.15) is 0 Å². The van der Waals surface area contributed by atoms with Gasteiger partial charge >= 0.3 is 6.09 Å². The second-order valence-corrected chi connectivity index (χ2v) is 29.8. The van der Waals surface area contributed by atoms with E-state index in [1.54, 1.807) is 12.0 Å². The summed E-state index contributed by atoms with van der Waals surface area (Å²) in [7, 11) is 1.63. The molecule has 0 bridgehead atoms. The maximum absolute atomic E-state index is 11.9. The molecular formula is C87H196N12O18. The Morgan fingerprint density at radius 2 is 0.701 bits per heavy atom. The van der Waals surface area contributed by atoms with E-state index in [9.17, 15) is 43.2 Å². The molecule has 2 fully saturated rings. The number of nitrogens with one attached hydrogen (secondary N) is 8. The molecule has 2 aliphatic rings. The van der Waals surface area contributed by atoms with Gasteiger partial charge < -0.3 is 96.2 Å². The molecule has 11 N–H and O–H groups in total. The minimum atomic E-state index is -0.449. The van der Waals surface area contributed by atoms with Crippen molar-refractivity contribution >= 4 is 53.4 Å². The molecule has 712 valence electrons. The molecule has 0 aliphatic carbocycles. The van der Waals surface area contributed by atoms with Gasteiger partial charge in [-0.05, 0) is 45.4 Å². The predicted octanol–water partition coefficient (Wildman–Crippen LogP) is 11.5. The van der Waals surface area contributed by atoms with Crippen LogP contribution in [0.1, 0.15) is 257 Å². The third-order valence-electron chi connectivity index (χ3n) is 14.6. The van der Waals surface area contributed by atoms with Crippen molar-refractivity contribution in [3.8, 4) is 0 Å². The molecule has 0 atom stereocenters. The van der Waals surface area contributed by atoms with E-state index in [4.69, 9.17) is 48.7 Å². The number of hydrogen-bond donors (Lipinski definition) is 10. The first-order valence-corrected chi connectivity index (χ1v) is 40.3. The van der Waals surface area contributed by atoms with Gasteiger partial charge in [0.1, 0.15) is 5.60 Å². The van der Waals surface area contributed by atoms with Crippen molar-refractivity contribution in [2.45, 2.75) is 262 Å². The highest BCUT2D eigenvalue weighted by Crippen LogP contribution is 2.12. The fourth-order valence-corrected chi connectivity index (χ4v) is 7.98. The average molecular weight is 1700 g/mol. The van der Waals surface area contributed by atoms with Crippen LogP contribution in [0, 0.1) is 47.3 Å². The van der Waals surface area contributed by atoms with E-state index in [1.165, 1.54) is 26.2 Å². The lowest BCUT2D eigenvalue weighted by Gasteiger charge is -2.35. The maximum atomic E-state index is 11.9. The third kappa shape index (κ3) is 117. The van der Waals surface area contributed by atoms with Gasteiger partial charge in [0.15, 0.2) is 0 Å². The number of nitrogens with two attached hydrogens (primary N) is 1. The van der Waals surface area contributed by atoms with Gasteiger partial charge in [0, 0.05) is 180 Å². The van der Waals surface area contributed by atoms with Crippen molar-refractivity contribution in [2.24, 2.45) is 53.1 Å². The van der Waals surface area contributed by atoms with Crippen LogP contribution in [0.15, 0.2) is 0 Å². The van der Waals surface area contributed by atoms with Gasteiger partial charge in [0.25, 0.3) is 0 Å². The van der Waals surface area contributed by atoms with E-state index in [0.717, 1.165) is 97.9 Å². The number of carbonyl (C=O) groups is 9. The molecule has 2 aliphatic heterocycles. The topological polar surface area (TPSA) is 380 Å². The second kappa shape index (κ2) is 101.